The van der Waals surface area contributed by atoms with Crippen LogP contribution < -0.4 is 14.4 Å². The molecule has 1 heterocycles. The molecule has 0 radical (unpaired) electrons. The number of methoxy groups -OCH3 is 1. The van der Waals surface area contributed by atoms with E-state index < -0.39 is 0 Å². The molecule has 0 aliphatic rings. The highest BCUT2D eigenvalue weighted by atomic mass is 32.1. The Balaban J connectivity index is 2.03. The zero-order valence-corrected chi connectivity index (χ0v) is 17.6. The van der Waals surface area contributed by atoms with Gasteiger partial charge in [-0.2, -0.15) is 0 Å². The molecule has 0 bridgehead atoms. The summed E-state index contributed by atoms with van der Waals surface area (Å²) in [5.74, 6) is 0.843. The lowest BCUT2D eigenvalue weighted by atomic mass is 10.1. The Kier molecular flexibility index (Phi) is 5.49. The van der Waals surface area contributed by atoms with E-state index in [-0.39, 0.29) is 0 Å². The van der Waals surface area contributed by atoms with Gasteiger partial charge in [0.2, 0.25) is 0 Å². The average Bonchev–Trinajstić information content (AvgIpc) is 3.14. The minimum Gasteiger partial charge on any atom is -0.497 e. The van der Waals surface area contributed by atoms with E-state index in [1.165, 1.54) is 0 Å². The molecule has 146 valence electrons. The van der Waals surface area contributed by atoms with Crippen LogP contribution >= 0.6 is 11.3 Å². The first-order chi connectivity index (χ1) is 14.2. The third-order valence-corrected chi connectivity index (χ3v) is 5.78. The molecule has 0 aliphatic heterocycles. The van der Waals surface area contributed by atoms with E-state index in [1.54, 1.807) is 18.4 Å². The second-order valence-electron chi connectivity index (χ2n) is 6.78. The van der Waals surface area contributed by atoms with E-state index in [0.29, 0.717) is 0 Å². The van der Waals surface area contributed by atoms with E-state index in [0.717, 1.165) is 38.2 Å². The van der Waals surface area contributed by atoms with E-state index in [2.05, 4.69) is 60.0 Å². The van der Waals surface area contributed by atoms with Gasteiger partial charge in [-0.1, -0.05) is 47.7 Å². The molecule has 0 saturated heterocycles. The highest BCUT2D eigenvalue weighted by Crippen LogP contribution is 2.35. The molecule has 0 N–H and O–H groups in total. The normalized spacial score (nSPS) is 11.5. The number of benzene rings is 3. The Morgan fingerprint density at radius 2 is 1.45 bits per heavy atom. The minimum absolute atomic E-state index is 0.843. The summed E-state index contributed by atoms with van der Waals surface area (Å²) in [6.45, 7) is 0. The highest BCUT2D eigenvalue weighted by Gasteiger charge is 2.18. The maximum atomic E-state index is 5.35. The van der Waals surface area contributed by atoms with Crippen LogP contribution in [-0.2, 0) is 0 Å². The molecule has 29 heavy (non-hydrogen) atoms. The lowest BCUT2D eigenvalue weighted by Gasteiger charge is -2.15. The van der Waals surface area contributed by atoms with Crippen LogP contribution in [0.15, 0.2) is 89.9 Å². The van der Waals surface area contributed by atoms with Gasteiger partial charge in [-0.15, -0.1) is 0 Å². The van der Waals surface area contributed by atoms with Crippen LogP contribution in [0.4, 0.5) is 10.7 Å². The lowest BCUT2D eigenvalue weighted by Crippen LogP contribution is -2.14. The van der Waals surface area contributed by atoms with Crippen LogP contribution in [0, 0.1) is 0 Å². The molecule has 4 aromatic rings. The van der Waals surface area contributed by atoms with Crippen molar-refractivity contribution in [2.75, 3.05) is 26.1 Å². The molecule has 0 unspecified atom stereocenters. The summed E-state index contributed by atoms with van der Waals surface area (Å²) in [5, 5.41) is 1.15. The molecule has 0 spiro atoms. The number of hydrogen-bond donors (Lipinski definition) is 0. The van der Waals surface area contributed by atoms with Gasteiger partial charge in [0.05, 0.1) is 18.5 Å². The summed E-state index contributed by atoms with van der Waals surface area (Å²) in [5.41, 5.74) is 4.25. The second kappa shape index (κ2) is 8.37. The van der Waals surface area contributed by atoms with Crippen LogP contribution in [0.3, 0.4) is 0 Å². The molecule has 4 nitrogen and oxygen atoms in total. The molecule has 5 heteroatoms. The molecule has 0 amide bonds. The van der Waals surface area contributed by atoms with Crippen molar-refractivity contribution in [1.82, 2.24) is 4.57 Å². The van der Waals surface area contributed by atoms with Gasteiger partial charge in [0.25, 0.3) is 0 Å². The topological polar surface area (TPSA) is 29.8 Å². The Morgan fingerprint density at radius 3 is 2.03 bits per heavy atom. The summed E-state index contributed by atoms with van der Waals surface area (Å²) in [4.78, 5) is 8.04. The highest BCUT2D eigenvalue weighted by molar-refractivity contribution is 7.14. The van der Waals surface area contributed by atoms with Crippen molar-refractivity contribution in [1.29, 1.82) is 0 Å². The molecule has 0 aliphatic carbocycles. The van der Waals surface area contributed by atoms with Gasteiger partial charge in [0, 0.05) is 25.3 Å². The van der Waals surface area contributed by atoms with Crippen molar-refractivity contribution < 1.29 is 4.74 Å². The Hall–Kier alpha value is -3.31. The number of hydrogen-bond acceptors (Lipinski definition) is 4. The van der Waals surface area contributed by atoms with Crippen molar-refractivity contribution in [3.8, 4) is 22.7 Å². The van der Waals surface area contributed by atoms with E-state index >= 15 is 0 Å². The maximum absolute atomic E-state index is 5.35. The van der Waals surface area contributed by atoms with E-state index in [4.69, 9.17) is 9.73 Å². The van der Waals surface area contributed by atoms with Gasteiger partial charge in [0.1, 0.15) is 10.8 Å². The number of thiazole rings is 1. The monoisotopic (exact) mass is 401 g/mol. The van der Waals surface area contributed by atoms with Gasteiger partial charge in [-0.25, -0.2) is 4.99 Å². The van der Waals surface area contributed by atoms with Crippen molar-refractivity contribution in [3.63, 3.8) is 0 Å². The largest absolute Gasteiger partial charge is 0.497 e. The zero-order valence-electron chi connectivity index (χ0n) is 16.7. The predicted octanol–water partition coefficient (Wildman–Crippen LogP) is 5.51. The summed E-state index contributed by atoms with van der Waals surface area (Å²) in [7, 11) is 5.83. The first-order valence-corrected chi connectivity index (χ1v) is 10.2. The summed E-state index contributed by atoms with van der Waals surface area (Å²) in [6, 6.07) is 28.6. The number of ether oxygens (including phenoxy) is 1. The minimum atomic E-state index is 0.843. The van der Waals surface area contributed by atoms with Crippen LogP contribution in [-0.4, -0.2) is 25.8 Å². The van der Waals surface area contributed by atoms with Gasteiger partial charge >= 0.3 is 0 Å². The van der Waals surface area contributed by atoms with Crippen molar-refractivity contribution in [2.45, 2.75) is 0 Å². The van der Waals surface area contributed by atoms with E-state index in [9.17, 15) is 0 Å². The second-order valence-corrected chi connectivity index (χ2v) is 7.74. The van der Waals surface area contributed by atoms with Crippen molar-refractivity contribution >= 4 is 22.0 Å². The Labute approximate surface area is 175 Å². The van der Waals surface area contributed by atoms with Gasteiger partial charge in [-0.3, -0.25) is 4.57 Å². The Morgan fingerprint density at radius 1 is 0.828 bits per heavy atom. The molecule has 0 saturated carbocycles. The maximum Gasteiger partial charge on any atom is 0.197 e. The number of para-hydroxylation sites is 2. The standard InChI is InChI=1S/C24H23N3OS/c1-26(2)23-22(18-14-16-21(28-3)17-15-18)27(20-12-8-5-9-13-20)24(29-23)25-19-10-6-4-7-11-19/h4-17H,1-3H3. The fourth-order valence-corrected chi connectivity index (χ4v) is 4.28. The van der Waals surface area contributed by atoms with Crippen LogP contribution in [0.25, 0.3) is 16.9 Å². The SMILES string of the molecule is COc1ccc(-c2c(N(C)C)sc(=Nc3ccccc3)n2-c2ccccc2)cc1. The molecule has 3 aromatic carbocycles. The zero-order chi connectivity index (χ0) is 20.2. The summed E-state index contributed by atoms with van der Waals surface area (Å²) in [6.07, 6.45) is 0. The number of aromatic nitrogens is 1. The third-order valence-electron chi connectivity index (χ3n) is 4.57. The molecule has 0 atom stereocenters. The molecule has 1 aromatic heterocycles. The molecule has 4 rings (SSSR count). The first kappa shape index (κ1) is 19.0. The molecular formula is C24H23N3OS. The molecule has 0 fully saturated rings. The van der Waals surface area contributed by atoms with Crippen molar-refractivity contribution in [2.24, 2.45) is 4.99 Å². The van der Waals surface area contributed by atoms with Crippen molar-refractivity contribution in [3.05, 3.63) is 89.7 Å². The smallest absolute Gasteiger partial charge is 0.197 e. The first-order valence-electron chi connectivity index (χ1n) is 9.40. The molecular weight excluding hydrogens is 378 g/mol. The van der Waals surface area contributed by atoms with Crippen LogP contribution in [0.5, 0.6) is 5.75 Å². The van der Waals surface area contributed by atoms with E-state index in [1.807, 2.05) is 48.5 Å². The van der Waals surface area contributed by atoms with Gasteiger partial charge in [0.15, 0.2) is 4.80 Å². The Bertz CT molecular complexity index is 1140. The van der Waals surface area contributed by atoms with Crippen LogP contribution in [0.1, 0.15) is 0 Å². The fraction of sp³-hybridized carbons (Fsp3) is 0.125. The van der Waals surface area contributed by atoms with Gasteiger partial charge in [-0.05, 0) is 48.5 Å². The number of anilines is 1. The summed E-state index contributed by atoms with van der Waals surface area (Å²) >= 11 is 1.68. The van der Waals surface area contributed by atoms with Crippen LogP contribution in [0.2, 0.25) is 0 Å². The number of nitrogens with zero attached hydrogens (tertiary/aromatic N) is 3. The predicted molar refractivity (Wildman–Crippen MR) is 122 cm³/mol. The quantitative estimate of drug-likeness (QED) is 0.441. The lowest BCUT2D eigenvalue weighted by molar-refractivity contribution is 0.415. The third kappa shape index (κ3) is 3.96. The summed E-state index contributed by atoms with van der Waals surface area (Å²) < 4.78 is 7.58. The average molecular weight is 402 g/mol. The number of rotatable bonds is 5. The van der Waals surface area contributed by atoms with Gasteiger partial charge < -0.3 is 9.64 Å². The fourth-order valence-electron chi connectivity index (χ4n) is 3.18.